The van der Waals surface area contributed by atoms with Gasteiger partial charge in [-0.2, -0.15) is 0 Å². The van der Waals surface area contributed by atoms with E-state index in [2.05, 4.69) is 10.1 Å². The lowest BCUT2D eigenvalue weighted by atomic mass is 10.5. The van der Waals surface area contributed by atoms with Gasteiger partial charge in [-0.1, -0.05) is 0 Å². The summed E-state index contributed by atoms with van der Waals surface area (Å²) in [7, 11) is 0. The molecular formula is C7H8N4. The van der Waals surface area contributed by atoms with Gasteiger partial charge in [0.25, 0.3) is 0 Å². The van der Waals surface area contributed by atoms with Gasteiger partial charge in [0.2, 0.25) is 0 Å². The number of rotatable bonds is 0. The number of nitrogens with two attached hydrogens (primary N) is 1. The molecule has 0 saturated carbocycles. The topological polar surface area (TPSA) is 56.2 Å². The molecular weight excluding hydrogens is 140 g/mol. The Kier molecular flexibility index (Phi) is 1.09. The van der Waals surface area contributed by atoms with Crippen molar-refractivity contribution >= 4 is 11.5 Å². The number of imidazole rings is 1. The van der Waals surface area contributed by atoms with Crippen LogP contribution in [-0.2, 0) is 0 Å². The maximum atomic E-state index is 5.47. The van der Waals surface area contributed by atoms with Gasteiger partial charge in [0.05, 0.1) is 11.9 Å². The molecule has 0 aliphatic rings. The standard InChI is InChI=1S/C7H8N4/c1-5-4-11-7(9-5)3-2-6(8)10-11/h2-4H,1H3,(H2,8,10). The molecule has 0 bridgehead atoms. The predicted molar refractivity (Wildman–Crippen MR) is 42.1 cm³/mol. The third kappa shape index (κ3) is 0.920. The fourth-order valence-corrected chi connectivity index (χ4v) is 1.02. The first-order valence-corrected chi connectivity index (χ1v) is 3.34. The second kappa shape index (κ2) is 1.95. The molecule has 2 aromatic rings. The molecule has 4 heteroatoms. The highest BCUT2D eigenvalue weighted by molar-refractivity contribution is 5.42. The van der Waals surface area contributed by atoms with Crippen molar-refractivity contribution in [3.63, 3.8) is 0 Å². The van der Waals surface area contributed by atoms with E-state index in [-0.39, 0.29) is 0 Å². The largest absolute Gasteiger partial charge is 0.382 e. The lowest BCUT2D eigenvalue weighted by molar-refractivity contribution is 0.944. The third-order valence-electron chi connectivity index (χ3n) is 1.46. The number of hydrogen-bond donors (Lipinski definition) is 1. The summed E-state index contributed by atoms with van der Waals surface area (Å²) in [5, 5.41) is 4.03. The number of aromatic nitrogens is 3. The fourth-order valence-electron chi connectivity index (χ4n) is 1.02. The van der Waals surface area contributed by atoms with Gasteiger partial charge in [-0.05, 0) is 19.1 Å². The van der Waals surface area contributed by atoms with Gasteiger partial charge < -0.3 is 5.73 Å². The van der Waals surface area contributed by atoms with Gasteiger partial charge in [0, 0.05) is 0 Å². The molecule has 0 radical (unpaired) electrons. The van der Waals surface area contributed by atoms with E-state index in [0.717, 1.165) is 11.3 Å². The Bertz CT molecular complexity index is 390. The highest BCUT2D eigenvalue weighted by Crippen LogP contribution is 2.03. The lowest BCUT2D eigenvalue weighted by Crippen LogP contribution is -1.95. The summed E-state index contributed by atoms with van der Waals surface area (Å²) in [5.74, 6) is 0.509. The number of nitrogens with zero attached hydrogens (tertiary/aromatic N) is 3. The van der Waals surface area contributed by atoms with Crippen molar-refractivity contribution in [1.82, 2.24) is 14.6 Å². The van der Waals surface area contributed by atoms with Gasteiger partial charge in [-0.25, -0.2) is 9.50 Å². The summed E-state index contributed by atoms with van der Waals surface area (Å²) in [4.78, 5) is 4.20. The van der Waals surface area contributed by atoms with Crippen molar-refractivity contribution in [3.05, 3.63) is 24.0 Å². The second-order valence-corrected chi connectivity index (χ2v) is 2.44. The molecule has 0 atom stereocenters. The van der Waals surface area contributed by atoms with Crippen molar-refractivity contribution < 1.29 is 0 Å². The average Bonchev–Trinajstić information content (AvgIpc) is 2.27. The number of fused-ring (bicyclic) bond motifs is 1. The van der Waals surface area contributed by atoms with E-state index in [0.29, 0.717) is 5.82 Å². The monoisotopic (exact) mass is 148 g/mol. The van der Waals surface area contributed by atoms with E-state index >= 15 is 0 Å². The van der Waals surface area contributed by atoms with Crippen LogP contribution in [0.15, 0.2) is 18.3 Å². The molecule has 11 heavy (non-hydrogen) atoms. The van der Waals surface area contributed by atoms with Crippen LogP contribution in [0.3, 0.4) is 0 Å². The van der Waals surface area contributed by atoms with Crippen LogP contribution in [0, 0.1) is 6.92 Å². The highest BCUT2D eigenvalue weighted by atomic mass is 15.3. The van der Waals surface area contributed by atoms with E-state index in [9.17, 15) is 0 Å². The summed E-state index contributed by atoms with van der Waals surface area (Å²) < 4.78 is 1.67. The van der Waals surface area contributed by atoms with Crippen LogP contribution >= 0.6 is 0 Å². The molecule has 2 N–H and O–H groups in total. The fraction of sp³-hybridized carbons (Fsp3) is 0.143. The first-order valence-electron chi connectivity index (χ1n) is 3.34. The maximum Gasteiger partial charge on any atom is 0.153 e. The van der Waals surface area contributed by atoms with Crippen molar-refractivity contribution in [2.75, 3.05) is 5.73 Å². The summed E-state index contributed by atoms with van der Waals surface area (Å²) >= 11 is 0. The minimum absolute atomic E-state index is 0.509. The Morgan fingerprint density at radius 1 is 1.45 bits per heavy atom. The zero-order valence-corrected chi connectivity index (χ0v) is 6.15. The van der Waals surface area contributed by atoms with Gasteiger partial charge in [-0.15, -0.1) is 5.10 Å². The van der Waals surface area contributed by atoms with Crippen LogP contribution in [0.2, 0.25) is 0 Å². The van der Waals surface area contributed by atoms with Crippen LogP contribution in [0.1, 0.15) is 5.69 Å². The summed E-state index contributed by atoms with van der Waals surface area (Å²) in [6, 6.07) is 3.58. The smallest absolute Gasteiger partial charge is 0.153 e. The minimum Gasteiger partial charge on any atom is -0.382 e. The lowest BCUT2D eigenvalue weighted by Gasteiger charge is -1.91. The molecule has 0 saturated heterocycles. The van der Waals surface area contributed by atoms with Crippen molar-refractivity contribution in [2.24, 2.45) is 0 Å². The SMILES string of the molecule is Cc1cn2nc(N)ccc2n1. The van der Waals surface area contributed by atoms with Crippen LogP contribution in [-0.4, -0.2) is 14.6 Å². The quantitative estimate of drug-likeness (QED) is 0.595. The van der Waals surface area contributed by atoms with Crippen molar-refractivity contribution in [3.8, 4) is 0 Å². The summed E-state index contributed by atoms with van der Waals surface area (Å²) in [6.07, 6.45) is 1.84. The molecule has 0 amide bonds. The highest BCUT2D eigenvalue weighted by Gasteiger charge is 1.96. The van der Waals surface area contributed by atoms with Gasteiger partial charge >= 0.3 is 0 Å². The average molecular weight is 148 g/mol. The maximum absolute atomic E-state index is 5.47. The Morgan fingerprint density at radius 2 is 2.27 bits per heavy atom. The number of hydrogen-bond acceptors (Lipinski definition) is 3. The van der Waals surface area contributed by atoms with Crippen LogP contribution in [0.4, 0.5) is 5.82 Å². The molecule has 0 spiro atoms. The Balaban J connectivity index is 2.82. The molecule has 2 heterocycles. The van der Waals surface area contributed by atoms with E-state index in [1.165, 1.54) is 0 Å². The molecule has 2 rings (SSSR count). The van der Waals surface area contributed by atoms with Gasteiger partial charge in [0.15, 0.2) is 5.65 Å². The molecule has 2 aromatic heterocycles. The van der Waals surface area contributed by atoms with Crippen molar-refractivity contribution in [2.45, 2.75) is 6.92 Å². The predicted octanol–water partition coefficient (Wildman–Crippen LogP) is 0.620. The van der Waals surface area contributed by atoms with Crippen LogP contribution < -0.4 is 5.73 Å². The first-order chi connectivity index (χ1) is 5.25. The Morgan fingerprint density at radius 3 is 3.09 bits per heavy atom. The molecule has 0 fully saturated rings. The van der Waals surface area contributed by atoms with E-state index in [1.807, 2.05) is 19.2 Å². The Hall–Kier alpha value is -1.58. The number of nitrogen functional groups attached to an aromatic ring is 1. The summed E-state index contributed by atoms with van der Waals surface area (Å²) in [6.45, 7) is 1.92. The van der Waals surface area contributed by atoms with Crippen LogP contribution in [0.25, 0.3) is 5.65 Å². The molecule has 56 valence electrons. The van der Waals surface area contributed by atoms with Gasteiger partial charge in [-0.3, -0.25) is 0 Å². The second-order valence-electron chi connectivity index (χ2n) is 2.44. The number of aryl methyl sites for hydroxylation is 1. The molecule has 4 nitrogen and oxygen atoms in total. The zero-order chi connectivity index (χ0) is 7.84. The van der Waals surface area contributed by atoms with E-state index < -0.39 is 0 Å². The molecule has 0 unspecified atom stereocenters. The third-order valence-corrected chi connectivity index (χ3v) is 1.46. The molecule has 0 aliphatic carbocycles. The van der Waals surface area contributed by atoms with Crippen molar-refractivity contribution in [1.29, 1.82) is 0 Å². The first kappa shape index (κ1) is 6.15. The normalized spacial score (nSPS) is 10.6. The van der Waals surface area contributed by atoms with Crippen LogP contribution in [0.5, 0.6) is 0 Å². The zero-order valence-electron chi connectivity index (χ0n) is 6.15. The summed E-state index contributed by atoms with van der Waals surface area (Å²) in [5.41, 5.74) is 7.25. The van der Waals surface area contributed by atoms with Gasteiger partial charge in [0.1, 0.15) is 5.82 Å². The molecule has 0 aliphatic heterocycles. The Labute approximate surface area is 63.7 Å². The minimum atomic E-state index is 0.509. The van der Waals surface area contributed by atoms with E-state index in [1.54, 1.807) is 10.6 Å². The number of anilines is 1. The molecule has 0 aromatic carbocycles. The van der Waals surface area contributed by atoms with E-state index in [4.69, 9.17) is 5.73 Å².